The summed E-state index contributed by atoms with van der Waals surface area (Å²) in [5.74, 6) is -0.102. The predicted molar refractivity (Wildman–Crippen MR) is 89.0 cm³/mol. The van der Waals surface area contributed by atoms with Crippen LogP contribution in [0.1, 0.15) is 29.3 Å². The van der Waals surface area contributed by atoms with E-state index in [-0.39, 0.29) is 30.2 Å². The van der Waals surface area contributed by atoms with Crippen molar-refractivity contribution in [2.45, 2.75) is 18.8 Å². The zero-order valence-electron chi connectivity index (χ0n) is 11.9. The summed E-state index contributed by atoms with van der Waals surface area (Å²) < 4.78 is 0. The van der Waals surface area contributed by atoms with Gasteiger partial charge >= 0.3 is 0 Å². The van der Waals surface area contributed by atoms with E-state index in [0.717, 1.165) is 10.6 Å². The van der Waals surface area contributed by atoms with Crippen LogP contribution in [-0.4, -0.2) is 24.0 Å². The van der Waals surface area contributed by atoms with Crippen molar-refractivity contribution >= 4 is 29.7 Å². The molecular formula is C15H20ClN3OS. The number of hydrogen-bond donors (Lipinski definition) is 2. The first-order chi connectivity index (χ1) is 9.72. The molecule has 0 spiro atoms. The maximum absolute atomic E-state index is 12.2. The van der Waals surface area contributed by atoms with E-state index >= 15 is 0 Å². The summed E-state index contributed by atoms with van der Waals surface area (Å²) in [5.41, 5.74) is 6.69. The first-order valence-electron chi connectivity index (χ1n) is 6.64. The molecule has 3 N–H and O–H groups in total. The Morgan fingerprint density at radius 3 is 2.67 bits per heavy atom. The van der Waals surface area contributed by atoms with Gasteiger partial charge in [0.25, 0.3) is 0 Å². The van der Waals surface area contributed by atoms with Crippen LogP contribution in [0.5, 0.6) is 0 Å². The molecule has 0 saturated heterocycles. The summed E-state index contributed by atoms with van der Waals surface area (Å²) in [7, 11) is 0. The van der Waals surface area contributed by atoms with Crippen LogP contribution in [0.4, 0.5) is 0 Å². The fraction of sp³-hybridized carbons (Fsp3) is 0.333. The Kier molecular flexibility index (Phi) is 7.36. The highest BCUT2D eigenvalue weighted by molar-refractivity contribution is 7.09. The fourth-order valence-electron chi connectivity index (χ4n) is 2.02. The number of rotatable bonds is 6. The lowest BCUT2D eigenvalue weighted by molar-refractivity contribution is -0.122. The number of carbonyl (C=O) groups is 1. The average molecular weight is 326 g/mol. The minimum atomic E-state index is -0.292. The third-order valence-electron chi connectivity index (χ3n) is 3.21. The van der Waals surface area contributed by atoms with Gasteiger partial charge in [0.1, 0.15) is 0 Å². The molecule has 1 aromatic heterocycles. The Bertz CT molecular complexity index is 533. The van der Waals surface area contributed by atoms with Gasteiger partial charge in [0, 0.05) is 30.6 Å². The Morgan fingerprint density at radius 2 is 2.10 bits per heavy atom. The molecule has 114 valence electrons. The van der Waals surface area contributed by atoms with Gasteiger partial charge in [0.2, 0.25) is 5.91 Å². The summed E-state index contributed by atoms with van der Waals surface area (Å²) >= 11 is 1.61. The molecule has 0 saturated carbocycles. The number of nitrogens with one attached hydrogen (secondary N) is 1. The minimum Gasteiger partial charge on any atom is -0.355 e. The molecule has 0 aliphatic carbocycles. The maximum atomic E-state index is 12.2. The van der Waals surface area contributed by atoms with Crippen molar-refractivity contribution < 1.29 is 4.79 Å². The van der Waals surface area contributed by atoms with E-state index in [9.17, 15) is 4.79 Å². The zero-order valence-corrected chi connectivity index (χ0v) is 13.5. The average Bonchev–Trinajstić information content (AvgIpc) is 3.01. The Balaban J connectivity index is 0.00000220. The smallest absolute Gasteiger partial charge is 0.228 e. The van der Waals surface area contributed by atoms with E-state index in [4.69, 9.17) is 5.73 Å². The zero-order chi connectivity index (χ0) is 14.4. The molecule has 2 unspecified atom stereocenters. The van der Waals surface area contributed by atoms with Crippen molar-refractivity contribution in [3.05, 3.63) is 52.5 Å². The second kappa shape index (κ2) is 8.77. The molecule has 0 aliphatic rings. The number of nitrogens with two attached hydrogens (primary N) is 1. The van der Waals surface area contributed by atoms with Crippen molar-refractivity contribution in [2.75, 3.05) is 13.1 Å². The summed E-state index contributed by atoms with van der Waals surface area (Å²) in [6.45, 7) is 2.94. The largest absolute Gasteiger partial charge is 0.355 e. The number of amides is 1. The first-order valence-corrected chi connectivity index (χ1v) is 7.52. The molecule has 1 aromatic carbocycles. The quantitative estimate of drug-likeness (QED) is 0.857. The van der Waals surface area contributed by atoms with Crippen LogP contribution in [0.25, 0.3) is 0 Å². The molecule has 0 radical (unpaired) electrons. The van der Waals surface area contributed by atoms with Crippen LogP contribution in [0.3, 0.4) is 0 Å². The molecule has 2 aromatic rings. The van der Waals surface area contributed by atoms with Crippen LogP contribution in [-0.2, 0) is 4.79 Å². The molecular weight excluding hydrogens is 306 g/mol. The second-order valence-corrected chi connectivity index (χ2v) is 5.64. The molecule has 0 aliphatic heterocycles. The van der Waals surface area contributed by atoms with Crippen molar-refractivity contribution in [1.29, 1.82) is 0 Å². The summed E-state index contributed by atoms with van der Waals surface area (Å²) in [6.07, 6.45) is 1.78. The SMILES string of the molecule is CC(CNC(=O)C(CN)c1ccccc1)c1nccs1.Cl. The molecule has 1 amide bonds. The topological polar surface area (TPSA) is 68.0 Å². The Morgan fingerprint density at radius 1 is 1.38 bits per heavy atom. The number of carbonyl (C=O) groups excluding carboxylic acids is 1. The van der Waals surface area contributed by atoms with Gasteiger partial charge in [0.15, 0.2) is 0 Å². The van der Waals surface area contributed by atoms with Crippen LogP contribution in [0.2, 0.25) is 0 Å². The van der Waals surface area contributed by atoms with E-state index in [1.165, 1.54) is 0 Å². The lowest BCUT2D eigenvalue weighted by atomic mass is 9.98. The number of nitrogens with zero attached hydrogens (tertiary/aromatic N) is 1. The van der Waals surface area contributed by atoms with Crippen LogP contribution >= 0.6 is 23.7 Å². The number of thiazole rings is 1. The third kappa shape index (κ3) is 4.81. The number of benzene rings is 1. The standard InChI is InChI=1S/C15H19N3OS.ClH/c1-11(15-17-7-8-20-15)10-18-14(19)13(9-16)12-5-3-2-4-6-12;/h2-8,11,13H,9-10,16H2,1H3,(H,18,19);1H. The van der Waals surface area contributed by atoms with Crippen molar-refractivity contribution in [1.82, 2.24) is 10.3 Å². The van der Waals surface area contributed by atoms with Gasteiger partial charge in [-0.3, -0.25) is 4.79 Å². The first kappa shape index (κ1) is 17.6. The van der Waals surface area contributed by atoms with Gasteiger partial charge in [-0.1, -0.05) is 37.3 Å². The third-order valence-corrected chi connectivity index (χ3v) is 4.22. The van der Waals surface area contributed by atoms with E-state index in [1.54, 1.807) is 17.5 Å². The molecule has 0 bridgehead atoms. The number of halogens is 1. The lowest BCUT2D eigenvalue weighted by Gasteiger charge is -2.17. The molecule has 21 heavy (non-hydrogen) atoms. The van der Waals surface area contributed by atoms with Gasteiger partial charge in [-0.15, -0.1) is 23.7 Å². The minimum absolute atomic E-state index is 0. The summed E-state index contributed by atoms with van der Waals surface area (Å²) in [6, 6.07) is 9.63. The summed E-state index contributed by atoms with van der Waals surface area (Å²) in [4.78, 5) is 16.5. The normalized spacial score (nSPS) is 13.0. The Labute approximate surface area is 135 Å². The van der Waals surface area contributed by atoms with E-state index in [2.05, 4.69) is 17.2 Å². The molecule has 1 heterocycles. The van der Waals surface area contributed by atoms with E-state index in [1.807, 2.05) is 35.7 Å². The van der Waals surface area contributed by atoms with Gasteiger partial charge in [0.05, 0.1) is 10.9 Å². The van der Waals surface area contributed by atoms with Crippen LogP contribution in [0.15, 0.2) is 41.9 Å². The highest BCUT2D eigenvalue weighted by Crippen LogP contribution is 2.18. The van der Waals surface area contributed by atoms with E-state index < -0.39 is 0 Å². The van der Waals surface area contributed by atoms with Crippen molar-refractivity contribution in [3.63, 3.8) is 0 Å². The highest BCUT2D eigenvalue weighted by atomic mass is 35.5. The van der Waals surface area contributed by atoms with Crippen molar-refractivity contribution in [2.24, 2.45) is 5.73 Å². The van der Waals surface area contributed by atoms with Gasteiger partial charge in [-0.2, -0.15) is 0 Å². The molecule has 6 heteroatoms. The number of aromatic nitrogens is 1. The molecule has 0 fully saturated rings. The predicted octanol–water partition coefficient (Wildman–Crippen LogP) is 2.53. The molecule has 2 rings (SSSR count). The monoisotopic (exact) mass is 325 g/mol. The van der Waals surface area contributed by atoms with Crippen LogP contribution in [0, 0.1) is 0 Å². The number of hydrogen-bond acceptors (Lipinski definition) is 4. The van der Waals surface area contributed by atoms with Gasteiger partial charge in [-0.05, 0) is 5.56 Å². The molecule has 4 nitrogen and oxygen atoms in total. The van der Waals surface area contributed by atoms with E-state index in [0.29, 0.717) is 13.1 Å². The lowest BCUT2D eigenvalue weighted by Crippen LogP contribution is -2.35. The summed E-state index contributed by atoms with van der Waals surface area (Å²) in [5, 5.41) is 5.95. The van der Waals surface area contributed by atoms with Crippen molar-refractivity contribution in [3.8, 4) is 0 Å². The van der Waals surface area contributed by atoms with Crippen LogP contribution < -0.4 is 11.1 Å². The highest BCUT2D eigenvalue weighted by Gasteiger charge is 2.19. The maximum Gasteiger partial charge on any atom is 0.228 e. The fourth-order valence-corrected chi connectivity index (χ4v) is 2.72. The van der Waals surface area contributed by atoms with Gasteiger partial charge in [-0.25, -0.2) is 4.98 Å². The Hall–Kier alpha value is -1.43. The molecule has 2 atom stereocenters. The second-order valence-electron chi connectivity index (χ2n) is 4.72. The van der Waals surface area contributed by atoms with Gasteiger partial charge < -0.3 is 11.1 Å².